The van der Waals surface area contributed by atoms with Gasteiger partial charge in [-0.25, -0.2) is 8.42 Å². The van der Waals surface area contributed by atoms with Crippen LogP contribution in [0.3, 0.4) is 0 Å². The summed E-state index contributed by atoms with van der Waals surface area (Å²) in [4.78, 5) is 17.1. The second-order valence-electron chi connectivity index (χ2n) is 8.33. The van der Waals surface area contributed by atoms with Gasteiger partial charge in [0.15, 0.2) is 0 Å². The Kier molecular flexibility index (Phi) is 6.20. The lowest BCUT2D eigenvalue weighted by atomic mass is 9.92. The summed E-state index contributed by atoms with van der Waals surface area (Å²) >= 11 is 0. The third-order valence-electron chi connectivity index (χ3n) is 6.33. The quantitative estimate of drug-likeness (QED) is 0.795. The topological polar surface area (TPSA) is 79.4 Å². The lowest BCUT2D eigenvalue weighted by Gasteiger charge is -2.31. The van der Waals surface area contributed by atoms with E-state index in [1.165, 1.54) is 21.9 Å². The zero-order valence-corrected chi connectivity index (χ0v) is 18.2. The number of aryl methyl sites for hydroxylation is 2. The van der Waals surface area contributed by atoms with Crippen molar-refractivity contribution < 1.29 is 13.2 Å². The number of aromatic nitrogens is 1. The molecule has 0 unspecified atom stereocenters. The molecule has 1 saturated heterocycles. The standard InChI is InChI=1S/C23H29N3O3S/c1-17(21-7-4-12-24-16-21)25-23(27)19-10-13-26(14-11-19)30(28,29)22-9-8-18-5-2-3-6-20(18)15-22/h4,7-9,12,15-17,19H,2-3,5-6,10-11,13-14H2,1H3,(H,25,27)/t17-/m0/s1. The molecule has 0 spiro atoms. The Bertz CT molecular complexity index is 1000. The molecule has 2 aromatic rings. The number of amides is 1. The van der Waals surface area contributed by atoms with Crippen LogP contribution in [0, 0.1) is 5.92 Å². The van der Waals surface area contributed by atoms with Crippen molar-refractivity contribution in [1.29, 1.82) is 0 Å². The van der Waals surface area contributed by atoms with Crippen molar-refractivity contribution in [3.63, 3.8) is 0 Å². The summed E-state index contributed by atoms with van der Waals surface area (Å²) in [6, 6.07) is 9.24. The zero-order valence-electron chi connectivity index (χ0n) is 17.4. The first-order chi connectivity index (χ1) is 14.4. The second kappa shape index (κ2) is 8.86. The smallest absolute Gasteiger partial charge is 0.243 e. The van der Waals surface area contributed by atoms with Gasteiger partial charge < -0.3 is 5.32 Å². The fourth-order valence-corrected chi connectivity index (χ4v) is 5.95. The molecule has 1 aromatic carbocycles. The monoisotopic (exact) mass is 427 g/mol. The van der Waals surface area contributed by atoms with Crippen molar-refractivity contribution in [2.75, 3.05) is 13.1 Å². The first-order valence-corrected chi connectivity index (χ1v) is 12.2. The van der Waals surface area contributed by atoms with Crippen molar-refractivity contribution in [2.24, 2.45) is 5.92 Å². The van der Waals surface area contributed by atoms with Crippen molar-refractivity contribution >= 4 is 15.9 Å². The molecule has 0 bridgehead atoms. The average molecular weight is 428 g/mol. The first-order valence-electron chi connectivity index (χ1n) is 10.8. The number of hydrogen-bond acceptors (Lipinski definition) is 4. The summed E-state index contributed by atoms with van der Waals surface area (Å²) in [5.74, 6) is -0.184. The fraction of sp³-hybridized carbons (Fsp3) is 0.478. The van der Waals surface area contributed by atoms with E-state index in [4.69, 9.17) is 0 Å². The molecule has 30 heavy (non-hydrogen) atoms. The normalized spacial score (nSPS) is 19.1. The number of rotatable bonds is 5. The number of carbonyl (C=O) groups is 1. The molecule has 1 atom stereocenters. The van der Waals surface area contributed by atoms with Crippen LogP contribution in [-0.2, 0) is 27.7 Å². The van der Waals surface area contributed by atoms with Crippen LogP contribution < -0.4 is 5.32 Å². The van der Waals surface area contributed by atoms with Gasteiger partial charge in [-0.1, -0.05) is 12.1 Å². The molecule has 1 N–H and O–H groups in total. The van der Waals surface area contributed by atoms with Crippen molar-refractivity contribution in [2.45, 2.75) is 56.4 Å². The number of nitrogens with one attached hydrogen (secondary N) is 1. The van der Waals surface area contributed by atoms with E-state index in [1.807, 2.05) is 31.2 Å². The van der Waals surface area contributed by atoms with Crippen LogP contribution in [0.15, 0.2) is 47.6 Å². The number of carbonyl (C=O) groups excluding carboxylic acids is 1. The minimum absolute atomic E-state index is 0.0165. The van der Waals surface area contributed by atoms with Crippen LogP contribution >= 0.6 is 0 Å². The molecular weight excluding hydrogens is 398 g/mol. The van der Waals surface area contributed by atoms with Crippen LogP contribution in [0.1, 0.15) is 55.3 Å². The van der Waals surface area contributed by atoms with E-state index >= 15 is 0 Å². The Balaban J connectivity index is 1.37. The predicted molar refractivity (Wildman–Crippen MR) is 115 cm³/mol. The van der Waals surface area contributed by atoms with E-state index in [9.17, 15) is 13.2 Å². The maximum atomic E-state index is 13.1. The van der Waals surface area contributed by atoms with Gasteiger partial charge in [0.25, 0.3) is 0 Å². The van der Waals surface area contributed by atoms with E-state index in [0.29, 0.717) is 30.8 Å². The fourth-order valence-electron chi connectivity index (χ4n) is 4.42. The summed E-state index contributed by atoms with van der Waals surface area (Å²) in [7, 11) is -3.52. The summed E-state index contributed by atoms with van der Waals surface area (Å²) in [5, 5.41) is 3.04. The number of nitrogens with zero attached hydrogens (tertiary/aromatic N) is 2. The van der Waals surface area contributed by atoms with Gasteiger partial charge in [-0.05, 0) is 80.3 Å². The summed E-state index contributed by atoms with van der Waals surface area (Å²) in [5.41, 5.74) is 3.40. The average Bonchev–Trinajstić information content (AvgIpc) is 2.79. The molecular formula is C23H29N3O3S. The van der Waals surface area contributed by atoms with Crippen LogP contribution in [0.2, 0.25) is 0 Å². The Morgan fingerprint density at radius 1 is 1.13 bits per heavy atom. The minimum Gasteiger partial charge on any atom is -0.349 e. The Labute approximate surface area is 178 Å². The van der Waals surface area contributed by atoms with Gasteiger partial charge >= 0.3 is 0 Å². The molecule has 6 nitrogen and oxygen atoms in total. The number of pyridine rings is 1. The highest BCUT2D eigenvalue weighted by Crippen LogP contribution is 2.28. The van der Waals surface area contributed by atoms with Crippen molar-refractivity contribution in [1.82, 2.24) is 14.6 Å². The molecule has 0 radical (unpaired) electrons. The van der Waals surface area contributed by atoms with Crippen molar-refractivity contribution in [3.8, 4) is 0 Å². The number of sulfonamides is 1. The number of hydrogen-bond donors (Lipinski definition) is 1. The Morgan fingerprint density at radius 3 is 2.57 bits per heavy atom. The largest absolute Gasteiger partial charge is 0.349 e. The highest BCUT2D eigenvalue weighted by Gasteiger charge is 2.33. The maximum Gasteiger partial charge on any atom is 0.243 e. The lowest BCUT2D eigenvalue weighted by molar-refractivity contribution is -0.126. The minimum atomic E-state index is -3.52. The van der Waals surface area contributed by atoms with Gasteiger partial charge in [0.05, 0.1) is 10.9 Å². The predicted octanol–water partition coefficient (Wildman–Crippen LogP) is 3.24. The molecule has 4 rings (SSSR count). The molecule has 1 aliphatic heterocycles. The van der Waals surface area contributed by atoms with Gasteiger partial charge in [-0.3, -0.25) is 9.78 Å². The second-order valence-corrected chi connectivity index (χ2v) is 10.3. The van der Waals surface area contributed by atoms with Crippen LogP contribution in [0.25, 0.3) is 0 Å². The molecule has 160 valence electrons. The molecule has 1 aromatic heterocycles. The lowest BCUT2D eigenvalue weighted by Crippen LogP contribution is -2.43. The molecule has 2 aliphatic rings. The van der Waals surface area contributed by atoms with Gasteiger partial charge in [0, 0.05) is 31.4 Å². The van der Waals surface area contributed by atoms with E-state index < -0.39 is 10.0 Å². The third kappa shape index (κ3) is 4.42. The molecule has 7 heteroatoms. The van der Waals surface area contributed by atoms with Gasteiger partial charge in [0.1, 0.15) is 0 Å². The van der Waals surface area contributed by atoms with Gasteiger partial charge in [-0.15, -0.1) is 0 Å². The molecule has 0 saturated carbocycles. The Hall–Kier alpha value is -2.25. The van der Waals surface area contributed by atoms with E-state index in [1.54, 1.807) is 18.5 Å². The van der Waals surface area contributed by atoms with Crippen LogP contribution in [0.5, 0.6) is 0 Å². The van der Waals surface area contributed by atoms with Crippen LogP contribution in [-0.4, -0.2) is 36.7 Å². The van der Waals surface area contributed by atoms with E-state index in [-0.39, 0.29) is 17.9 Å². The zero-order chi connectivity index (χ0) is 21.1. The highest BCUT2D eigenvalue weighted by atomic mass is 32.2. The maximum absolute atomic E-state index is 13.1. The van der Waals surface area contributed by atoms with E-state index in [0.717, 1.165) is 24.8 Å². The molecule has 1 amide bonds. The summed E-state index contributed by atoms with van der Waals surface area (Å²) in [6.45, 7) is 2.68. The van der Waals surface area contributed by atoms with Gasteiger partial charge in [0.2, 0.25) is 15.9 Å². The summed E-state index contributed by atoms with van der Waals surface area (Å²) < 4.78 is 27.8. The SMILES string of the molecule is C[C@H](NC(=O)C1CCN(S(=O)(=O)c2ccc3c(c2)CCCC3)CC1)c1cccnc1. The van der Waals surface area contributed by atoms with E-state index in [2.05, 4.69) is 10.3 Å². The Morgan fingerprint density at radius 2 is 1.87 bits per heavy atom. The third-order valence-corrected chi connectivity index (χ3v) is 8.22. The highest BCUT2D eigenvalue weighted by molar-refractivity contribution is 7.89. The van der Waals surface area contributed by atoms with Crippen LogP contribution in [0.4, 0.5) is 0 Å². The molecule has 1 fully saturated rings. The number of piperidine rings is 1. The number of benzene rings is 1. The van der Waals surface area contributed by atoms with Crippen molar-refractivity contribution in [3.05, 3.63) is 59.4 Å². The first kappa shape index (κ1) is 21.0. The molecule has 1 aliphatic carbocycles. The van der Waals surface area contributed by atoms with Gasteiger partial charge in [-0.2, -0.15) is 4.31 Å². The number of fused-ring (bicyclic) bond motifs is 1. The molecule has 2 heterocycles. The summed E-state index contributed by atoms with van der Waals surface area (Å²) in [6.07, 6.45) is 8.81.